The second-order valence-corrected chi connectivity index (χ2v) is 6.93. The molecule has 1 aromatic carbocycles. The molecular formula is C16H13BrN2O2S. The smallest absolute Gasteiger partial charge is 0.262 e. The van der Waals surface area contributed by atoms with E-state index in [4.69, 9.17) is 0 Å². The number of aromatic nitrogens is 2. The molecule has 2 aromatic heterocycles. The minimum atomic E-state index is -0.163. The van der Waals surface area contributed by atoms with Crippen LogP contribution in [0, 0.1) is 0 Å². The SMILES string of the molecule is CCc1cc2c(=O)n(CC(=O)c3cccc(Br)c3)cnc2s1. The number of hydrogen-bond donors (Lipinski definition) is 0. The molecule has 0 spiro atoms. The predicted molar refractivity (Wildman–Crippen MR) is 91.7 cm³/mol. The summed E-state index contributed by atoms with van der Waals surface area (Å²) in [5.41, 5.74) is 0.408. The van der Waals surface area contributed by atoms with E-state index in [1.165, 1.54) is 22.2 Å². The Kier molecular flexibility index (Phi) is 4.22. The normalized spacial score (nSPS) is 11.0. The lowest BCUT2D eigenvalue weighted by Gasteiger charge is -2.05. The molecule has 112 valence electrons. The van der Waals surface area contributed by atoms with Crippen LogP contribution in [-0.4, -0.2) is 15.3 Å². The Labute approximate surface area is 139 Å². The number of halogens is 1. The Bertz CT molecular complexity index is 914. The van der Waals surface area contributed by atoms with Crippen LogP contribution in [0.25, 0.3) is 10.2 Å². The molecule has 4 nitrogen and oxygen atoms in total. The number of ketones is 1. The van der Waals surface area contributed by atoms with E-state index in [2.05, 4.69) is 20.9 Å². The lowest BCUT2D eigenvalue weighted by Crippen LogP contribution is -2.24. The summed E-state index contributed by atoms with van der Waals surface area (Å²) in [6, 6.07) is 9.01. The van der Waals surface area contributed by atoms with Crippen molar-refractivity contribution in [1.82, 2.24) is 9.55 Å². The summed E-state index contributed by atoms with van der Waals surface area (Å²) in [5.74, 6) is -0.115. The number of carbonyl (C=O) groups excluding carboxylic acids is 1. The third-order valence-electron chi connectivity index (χ3n) is 3.38. The van der Waals surface area contributed by atoms with E-state index >= 15 is 0 Å². The van der Waals surface area contributed by atoms with Crippen molar-refractivity contribution < 1.29 is 4.79 Å². The Balaban J connectivity index is 1.95. The zero-order valence-corrected chi connectivity index (χ0v) is 14.3. The van der Waals surface area contributed by atoms with Crippen molar-refractivity contribution in [2.45, 2.75) is 19.9 Å². The van der Waals surface area contributed by atoms with E-state index in [0.29, 0.717) is 10.9 Å². The first-order valence-corrected chi connectivity index (χ1v) is 8.46. The summed E-state index contributed by atoms with van der Waals surface area (Å²) in [4.78, 5) is 30.9. The van der Waals surface area contributed by atoms with Gasteiger partial charge in [0.1, 0.15) is 4.83 Å². The first-order valence-electron chi connectivity index (χ1n) is 6.85. The number of nitrogens with zero attached hydrogens (tertiary/aromatic N) is 2. The molecule has 0 unspecified atom stereocenters. The monoisotopic (exact) mass is 376 g/mol. The van der Waals surface area contributed by atoms with Crippen LogP contribution in [0.1, 0.15) is 22.2 Å². The Morgan fingerprint density at radius 3 is 2.91 bits per heavy atom. The second kappa shape index (κ2) is 6.14. The van der Waals surface area contributed by atoms with E-state index in [1.807, 2.05) is 19.1 Å². The molecule has 0 aliphatic heterocycles. The van der Waals surface area contributed by atoms with Gasteiger partial charge in [-0.1, -0.05) is 35.0 Å². The highest BCUT2D eigenvalue weighted by molar-refractivity contribution is 9.10. The average molecular weight is 377 g/mol. The standard InChI is InChI=1S/C16H13BrN2O2S/c1-2-12-7-13-15(22-12)18-9-19(16(13)21)8-14(20)10-4-3-5-11(17)6-10/h3-7,9H,2,8H2,1H3. The van der Waals surface area contributed by atoms with Gasteiger partial charge >= 0.3 is 0 Å². The van der Waals surface area contributed by atoms with Crippen molar-refractivity contribution in [2.24, 2.45) is 0 Å². The van der Waals surface area contributed by atoms with E-state index in [-0.39, 0.29) is 17.9 Å². The fourth-order valence-electron chi connectivity index (χ4n) is 2.20. The van der Waals surface area contributed by atoms with Crippen molar-refractivity contribution in [2.75, 3.05) is 0 Å². The number of Topliss-reactive ketones (excluding diaryl/α,β-unsaturated/α-hetero) is 1. The highest BCUT2D eigenvalue weighted by Gasteiger charge is 2.12. The summed E-state index contributed by atoms with van der Waals surface area (Å²) in [6.45, 7) is 2.04. The minimum Gasteiger partial charge on any atom is -0.292 e. The van der Waals surface area contributed by atoms with Crippen molar-refractivity contribution in [3.8, 4) is 0 Å². The van der Waals surface area contributed by atoms with Gasteiger partial charge < -0.3 is 0 Å². The van der Waals surface area contributed by atoms with Gasteiger partial charge in [-0.3, -0.25) is 14.2 Å². The van der Waals surface area contributed by atoms with Crippen molar-refractivity contribution in [3.05, 3.63) is 61.9 Å². The van der Waals surface area contributed by atoms with E-state index in [9.17, 15) is 9.59 Å². The fourth-order valence-corrected chi connectivity index (χ4v) is 3.53. The van der Waals surface area contributed by atoms with E-state index < -0.39 is 0 Å². The molecule has 22 heavy (non-hydrogen) atoms. The van der Waals surface area contributed by atoms with E-state index in [0.717, 1.165) is 20.6 Å². The van der Waals surface area contributed by atoms with Crippen LogP contribution in [0.2, 0.25) is 0 Å². The zero-order valence-electron chi connectivity index (χ0n) is 11.9. The van der Waals surface area contributed by atoms with Crippen LogP contribution in [0.3, 0.4) is 0 Å². The molecule has 0 radical (unpaired) electrons. The Hall–Kier alpha value is -1.79. The lowest BCUT2D eigenvalue weighted by molar-refractivity contribution is 0.0970. The van der Waals surface area contributed by atoms with Gasteiger partial charge in [0.15, 0.2) is 5.78 Å². The van der Waals surface area contributed by atoms with Crippen molar-refractivity contribution >= 4 is 43.3 Å². The molecule has 0 saturated heterocycles. The van der Waals surface area contributed by atoms with Crippen LogP contribution in [0.5, 0.6) is 0 Å². The molecule has 0 fully saturated rings. The largest absolute Gasteiger partial charge is 0.292 e. The number of benzene rings is 1. The highest BCUT2D eigenvalue weighted by atomic mass is 79.9. The number of fused-ring (bicyclic) bond motifs is 1. The summed E-state index contributed by atoms with van der Waals surface area (Å²) >= 11 is 4.86. The van der Waals surface area contributed by atoms with E-state index in [1.54, 1.807) is 18.2 Å². The molecule has 0 bridgehead atoms. The molecule has 0 atom stereocenters. The molecule has 0 N–H and O–H groups in total. The van der Waals surface area contributed by atoms with Gasteiger partial charge in [-0.2, -0.15) is 0 Å². The molecule has 6 heteroatoms. The topological polar surface area (TPSA) is 52.0 Å². The fraction of sp³-hybridized carbons (Fsp3) is 0.188. The summed E-state index contributed by atoms with van der Waals surface area (Å²) < 4.78 is 2.21. The molecule has 2 heterocycles. The highest BCUT2D eigenvalue weighted by Crippen LogP contribution is 2.21. The van der Waals surface area contributed by atoms with Gasteiger partial charge in [-0.15, -0.1) is 11.3 Å². The molecule has 3 rings (SSSR count). The zero-order chi connectivity index (χ0) is 15.7. The third kappa shape index (κ3) is 2.89. The first kappa shape index (κ1) is 15.1. The number of carbonyl (C=O) groups is 1. The number of hydrogen-bond acceptors (Lipinski definition) is 4. The van der Waals surface area contributed by atoms with Crippen LogP contribution >= 0.6 is 27.3 Å². The van der Waals surface area contributed by atoms with Crippen LogP contribution in [-0.2, 0) is 13.0 Å². The van der Waals surface area contributed by atoms with Gasteiger partial charge in [0.05, 0.1) is 18.3 Å². The van der Waals surface area contributed by atoms with Gasteiger partial charge in [0, 0.05) is 14.9 Å². The van der Waals surface area contributed by atoms with Gasteiger partial charge in [0.2, 0.25) is 0 Å². The average Bonchev–Trinajstić information content (AvgIpc) is 2.94. The van der Waals surface area contributed by atoms with Crippen molar-refractivity contribution in [3.63, 3.8) is 0 Å². The molecule has 0 aliphatic rings. The number of aryl methyl sites for hydroxylation is 1. The lowest BCUT2D eigenvalue weighted by atomic mass is 10.1. The maximum absolute atomic E-state index is 12.5. The van der Waals surface area contributed by atoms with Gasteiger partial charge in [0.25, 0.3) is 5.56 Å². The maximum atomic E-state index is 12.5. The van der Waals surface area contributed by atoms with Crippen LogP contribution in [0.4, 0.5) is 0 Å². The van der Waals surface area contributed by atoms with Gasteiger partial charge in [-0.05, 0) is 24.6 Å². The Morgan fingerprint density at radius 1 is 1.36 bits per heavy atom. The number of rotatable bonds is 4. The quantitative estimate of drug-likeness (QED) is 0.652. The molecular weight excluding hydrogens is 364 g/mol. The second-order valence-electron chi connectivity index (χ2n) is 4.90. The first-order chi connectivity index (χ1) is 10.6. The maximum Gasteiger partial charge on any atom is 0.262 e. The molecule has 3 aromatic rings. The summed E-state index contributed by atoms with van der Waals surface area (Å²) in [6.07, 6.45) is 2.33. The Morgan fingerprint density at radius 2 is 2.18 bits per heavy atom. The molecule has 0 aliphatic carbocycles. The minimum absolute atomic E-state index is 0.00443. The van der Waals surface area contributed by atoms with Gasteiger partial charge in [-0.25, -0.2) is 4.98 Å². The number of thiophene rings is 1. The predicted octanol–water partition coefficient (Wildman–Crippen LogP) is 3.67. The summed E-state index contributed by atoms with van der Waals surface area (Å²) in [7, 11) is 0. The summed E-state index contributed by atoms with van der Waals surface area (Å²) in [5, 5.41) is 0.589. The molecule has 0 amide bonds. The van der Waals surface area contributed by atoms with Crippen molar-refractivity contribution in [1.29, 1.82) is 0 Å². The third-order valence-corrected chi connectivity index (χ3v) is 5.06. The molecule has 0 saturated carbocycles. The van der Waals surface area contributed by atoms with Crippen LogP contribution in [0.15, 0.2) is 45.9 Å². The van der Waals surface area contributed by atoms with Crippen LogP contribution < -0.4 is 5.56 Å².